The van der Waals surface area contributed by atoms with Crippen molar-refractivity contribution in [3.63, 3.8) is 0 Å². The number of hydrogen-bond donors (Lipinski definition) is 1. The van der Waals surface area contributed by atoms with Crippen molar-refractivity contribution in [2.45, 2.75) is 25.0 Å². The monoisotopic (exact) mass is 189 g/mol. The van der Waals surface area contributed by atoms with Gasteiger partial charge in [0, 0.05) is 12.6 Å². The van der Waals surface area contributed by atoms with Crippen LogP contribution in [-0.4, -0.2) is 19.2 Å². The molecule has 2 aliphatic rings. The highest BCUT2D eigenvalue weighted by atomic mass is 16.5. The number of rotatable bonds is 0. The summed E-state index contributed by atoms with van der Waals surface area (Å²) in [4.78, 5) is 0. The maximum absolute atomic E-state index is 5.85. The molecule has 2 nitrogen and oxygen atoms in total. The summed E-state index contributed by atoms with van der Waals surface area (Å²) in [5.74, 6) is 0. The smallest absolute Gasteiger partial charge is 0.0981 e. The largest absolute Gasteiger partial charge is 0.371 e. The number of nitrogens with one attached hydrogen (secondary N) is 1. The van der Waals surface area contributed by atoms with Gasteiger partial charge in [0.25, 0.3) is 0 Å². The van der Waals surface area contributed by atoms with E-state index in [1.807, 2.05) is 0 Å². The van der Waals surface area contributed by atoms with Crippen LogP contribution in [0.4, 0.5) is 0 Å². The molecule has 1 fully saturated rings. The number of morpholine rings is 1. The Labute approximate surface area is 84.3 Å². The van der Waals surface area contributed by atoms with Crippen molar-refractivity contribution in [2.75, 3.05) is 13.2 Å². The zero-order valence-corrected chi connectivity index (χ0v) is 8.20. The van der Waals surface area contributed by atoms with Gasteiger partial charge in [-0.05, 0) is 24.0 Å². The Morgan fingerprint density at radius 3 is 3.21 bits per heavy atom. The summed E-state index contributed by atoms with van der Waals surface area (Å²) in [6.07, 6.45) is 2.70. The fourth-order valence-corrected chi connectivity index (χ4v) is 2.56. The molecule has 1 N–H and O–H groups in total. The minimum absolute atomic E-state index is 0.300. The first-order valence-electron chi connectivity index (χ1n) is 5.38. The molecule has 0 spiro atoms. The van der Waals surface area contributed by atoms with Gasteiger partial charge in [-0.25, -0.2) is 0 Å². The zero-order valence-electron chi connectivity index (χ0n) is 8.20. The molecule has 1 aliphatic carbocycles. The van der Waals surface area contributed by atoms with Crippen LogP contribution < -0.4 is 5.32 Å². The zero-order chi connectivity index (χ0) is 9.38. The van der Waals surface area contributed by atoms with Crippen molar-refractivity contribution in [1.29, 1.82) is 0 Å². The molecule has 2 atom stereocenters. The van der Waals surface area contributed by atoms with Gasteiger partial charge < -0.3 is 10.1 Å². The van der Waals surface area contributed by atoms with Crippen molar-refractivity contribution in [2.24, 2.45) is 0 Å². The minimum atomic E-state index is 0.300. The van der Waals surface area contributed by atoms with Crippen molar-refractivity contribution in [1.82, 2.24) is 5.32 Å². The van der Waals surface area contributed by atoms with Gasteiger partial charge in [0.05, 0.1) is 12.7 Å². The average molecular weight is 189 g/mol. The van der Waals surface area contributed by atoms with Gasteiger partial charge in [0.1, 0.15) is 0 Å². The molecule has 0 aromatic heterocycles. The van der Waals surface area contributed by atoms with E-state index in [9.17, 15) is 0 Å². The second-order valence-corrected chi connectivity index (χ2v) is 4.09. The van der Waals surface area contributed by atoms with E-state index in [0.717, 1.165) is 13.2 Å². The number of hydrogen-bond acceptors (Lipinski definition) is 2. The fourth-order valence-electron chi connectivity index (χ4n) is 2.56. The molecule has 3 rings (SSSR count). The lowest BCUT2D eigenvalue weighted by Crippen LogP contribution is -2.45. The summed E-state index contributed by atoms with van der Waals surface area (Å²) < 4.78 is 5.85. The molecular formula is C12H15NO. The molecule has 2 heteroatoms. The van der Waals surface area contributed by atoms with Gasteiger partial charge in [-0.3, -0.25) is 0 Å². The van der Waals surface area contributed by atoms with Crippen LogP contribution in [0.25, 0.3) is 0 Å². The van der Waals surface area contributed by atoms with Crippen molar-refractivity contribution in [3.05, 3.63) is 35.4 Å². The highest BCUT2D eigenvalue weighted by Crippen LogP contribution is 2.33. The minimum Gasteiger partial charge on any atom is -0.371 e. The van der Waals surface area contributed by atoms with Gasteiger partial charge in [-0.15, -0.1) is 0 Å². The summed E-state index contributed by atoms with van der Waals surface area (Å²) in [5.41, 5.74) is 2.87. The highest BCUT2D eigenvalue weighted by Gasteiger charge is 2.31. The topological polar surface area (TPSA) is 21.3 Å². The highest BCUT2D eigenvalue weighted by molar-refractivity contribution is 5.33. The number of aryl methyl sites for hydroxylation is 1. The third kappa shape index (κ3) is 1.26. The maximum Gasteiger partial charge on any atom is 0.0981 e. The van der Waals surface area contributed by atoms with Gasteiger partial charge >= 0.3 is 0 Å². The third-order valence-corrected chi connectivity index (χ3v) is 3.26. The van der Waals surface area contributed by atoms with Gasteiger partial charge in [-0.1, -0.05) is 24.3 Å². The Morgan fingerprint density at radius 2 is 2.21 bits per heavy atom. The lowest BCUT2D eigenvalue weighted by Gasteiger charge is -2.37. The van der Waals surface area contributed by atoms with E-state index in [2.05, 4.69) is 29.6 Å². The molecule has 0 unspecified atom stereocenters. The SMILES string of the molecule is c1ccc2c(c1)CC[C@H]1NCCO[C@@H]21. The molecule has 0 radical (unpaired) electrons. The fraction of sp³-hybridized carbons (Fsp3) is 0.500. The van der Waals surface area contributed by atoms with Crippen LogP contribution in [0.2, 0.25) is 0 Å². The predicted molar refractivity (Wildman–Crippen MR) is 55.2 cm³/mol. The van der Waals surface area contributed by atoms with Gasteiger partial charge in [-0.2, -0.15) is 0 Å². The number of benzene rings is 1. The summed E-state index contributed by atoms with van der Waals surface area (Å²) in [6, 6.07) is 9.20. The van der Waals surface area contributed by atoms with E-state index in [1.54, 1.807) is 0 Å². The lowest BCUT2D eigenvalue weighted by molar-refractivity contribution is -0.0127. The first-order valence-corrected chi connectivity index (χ1v) is 5.38. The van der Waals surface area contributed by atoms with E-state index >= 15 is 0 Å². The Balaban J connectivity index is 1.99. The van der Waals surface area contributed by atoms with E-state index in [1.165, 1.54) is 24.0 Å². The van der Waals surface area contributed by atoms with Crippen LogP contribution in [0.5, 0.6) is 0 Å². The van der Waals surface area contributed by atoms with Gasteiger partial charge in [0.15, 0.2) is 0 Å². The summed E-state index contributed by atoms with van der Waals surface area (Å²) in [5, 5.41) is 3.54. The van der Waals surface area contributed by atoms with Crippen LogP contribution in [0.1, 0.15) is 23.7 Å². The molecule has 1 aromatic carbocycles. The Hall–Kier alpha value is -0.860. The normalized spacial score (nSPS) is 30.6. The van der Waals surface area contributed by atoms with E-state index in [4.69, 9.17) is 4.74 Å². The lowest BCUT2D eigenvalue weighted by atomic mass is 9.85. The Bertz CT molecular complexity index is 337. The maximum atomic E-state index is 5.85. The average Bonchev–Trinajstić information content (AvgIpc) is 2.29. The molecule has 1 aromatic rings. The molecule has 1 heterocycles. The second-order valence-electron chi connectivity index (χ2n) is 4.09. The molecule has 14 heavy (non-hydrogen) atoms. The van der Waals surface area contributed by atoms with Crippen LogP contribution in [-0.2, 0) is 11.2 Å². The summed E-state index contributed by atoms with van der Waals surface area (Å²) >= 11 is 0. The van der Waals surface area contributed by atoms with E-state index in [0.29, 0.717) is 12.1 Å². The van der Waals surface area contributed by atoms with Crippen LogP contribution in [0.15, 0.2) is 24.3 Å². The van der Waals surface area contributed by atoms with Gasteiger partial charge in [0.2, 0.25) is 0 Å². The molecule has 0 bridgehead atoms. The molecular weight excluding hydrogens is 174 g/mol. The molecule has 0 amide bonds. The first kappa shape index (κ1) is 8.45. The van der Waals surface area contributed by atoms with Crippen molar-refractivity contribution >= 4 is 0 Å². The van der Waals surface area contributed by atoms with E-state index in [-0.39, 0.29) is 0 Å². The third-order valence-electron chi connectivity index (χ3n) is 3.26. The number of fused-ring (bicyclic) bond motifs is 3. The van der Waals surface area contributed by atoms with Crippen LogP contribution >= 0.6 is 0 Å². The summed E-state index contributed by atoms with van der Waals surface area (Å²) in [7, 11) is 0. The predicted octanol–water partition coefficient (Wildman–Crippen LogP) is 1.66. The van der Waals surface area contributed by atoms with Crippen LogP contribution in [0, 0.1) is 0 Å². The molecule has 74 valence electrons. The standard InChI is InChI=1S/C12H15NO/c1-2-4-10-9(3-1)5-6-11-12(10)14-8-7-13-11/h1-4,11-13H,5-8H2/t11-,12+/m1/s1. The first-order chi connectivity index (χ1) is 6.95. The quantitative estimate of drug-likeness (QED) is 0.670. The molecule has 1 aliphatic heterocycles. The Morgan fingerprint density at radius 1 is 1.29 bits per heavy atom. The van der Waals surface area contributed by atoms with Crippen LogP contribution in [0.3, 0.4) is 0 Å². The second kappa shape index (κ2) is 3.37. The molecule has 0 saturated carbocycles. The van der Waals surface area contributed by atoms with E-state index < -0.39 is 0 Å². The van der Waals surface area contributed by atoms with Crippen molar-refractivity contribution < 1.29 is 4.74 Å². The Kier molecular flexibility index (Phi) is 2.03. The summed E-state index contributed by atoms with van der Waals surface area (Å²) in [6.45, 7) is 1.85. The van der Waals surface area contributed by atoms with Crippen molar-refractivity contribution in [3.8, 4) is 0 Å². The molecule has 1 saturated heterocycles. The number of ether oxygens (including phenoxy) is 1.